The molecule has 2 aliphatic rings. The van der Waals surface area contributed by atoms with Crippen molar-refractivity contribution >= 4 is 15.9 Å². The van der Waals surface area contributed by atoms with E-state index >= 15 is 0 Å². The summed E-state index contributed by atoms with van der Waals surface area (Å²) in [7, 11) is -2.96. The van der Waals surface area contributed by atoms with Crippen LogP contribution in [0.15, 0.2) is 0 Å². The molecule has 0 aromatic heterocycles. The summed E-state index contributed by atoms with van der Waals surface area (Å²) in [5.41, 5.74) is -0.340. The Morgan fingerprint density at radius 2 is 1.68 bits per heavy atom. The van der Waals surface area contributed by atoms with Gasteiger partial charge in [-0.2, -0.15) is 0 Å². The van der Waals surface area contributed by atoms with Crippen LogP contribution in [0.1, 0.15) is 39.5 Å². The van der Waals surface area contributed by atoms with Crippen molar-refractivity contribution < 1.29 is 17.9 Å². The minimum Gasteiger partial charge on any atom is -0.443 e. The van der Waals surface area contributed by atoms with E-state index in [-0.39, 0.29) is 36.3 Å². The van der Waals surface area contributed by atoms with E-state index in [1.165, 1.54) is 4.90 Å². The zero-order valence-corrected chi connectivity index (χ0v) is 12.5. The van der Waals surface area contributed by atoms with Crippen molar-refractivity contribution in [2.45, 2.75) is 45.1 Å². The summed E-state index contributed by atoms with van der Waals surface area (Å²) >= 11 is 0. The molecule has 1 saturated carbocycles. The predicted octanol–water partition coefficient (Wildman–Crippen LogP) is 1.82. The first kappa shape index (κ1) is 14.6. The Balaban J connectivity index is 1.97. The van der Waals surface area contributed by atoms with E-state index in [1.54, 1.807) is 0 Å². The van der Waals surface area contributed by atoms with Gasteiger partial charge in [-0.25, -0.2) is 13.2 Å². The number of carbonyl (C=O) groups is 1. The summed E-state index contributed by atoms with van der Waals surface area (Å²) in [5, 5.41) is 0. The van der Waals surface area contributed by atoms with Crippen molar-refractivity contribution in [2.75, 3.05) is 24.6 Å². The second-order valence-corrected chi connectivity index (χ2v) is 8.24. The lowest BCUT2D eigenvalue weighted by atomic mass is 9.88. The van der Waals surface area contributed by atoms with Crippen LogP contribution in [0.25, 0.3) is 0 Å². The van der Waals surface area contributed by atoms with Crippen LogP contribution in [0.4, 0.5) is 4.79 Å². The molecule has 0 bridgehead atoms. The molecule has 0 radical (unpaired) electrons. The van der Waals surface area contributed by atoms with E-state index in [4.69, 9.17) is 4.74 Å². The zero-order chi connectivity index (χ0) is 14.1. The lowest BCUT2D eigenvalue weighted by Crippen LogP contribution is -2.48. The molecule has 1 heterocycles. The molecule has 0 unspecified atom stereocenters. The molecule has 2 fully saturated rings. The molecule has 0 spiro atoms. The molecule has 1 saturated heterocycles. The van der Waals surface area contributed by atoms with Gasteiger partial charge >= 0.3 is 6.09 Å². The Labute approximate surface area is 115 Å². The molecule has 1 aliphatic heterocycles. The van der Waals surface area contributed by atoms with E-state index < -0.39 is 9.84 Å². The number of ether oxygens (including phenoxy) is 1. The maximum Gasteiger partial charge on any atom is 0.410 e. The first-order valence-corrected chi connectivity index (χ1v) is 8.85. The van der Waals surface area contributed by atoms with Gasteiger partial charge in [0.1, 0.15) is 5.60 Å². The third-order valence-electron chi connectivity index (χ3n) is 4.40. The second kappa shape index (κ2) is 5.31. The minimum atomic E-state index is -2.96. The maximum absolute atomic E-state index is 12.2. The number of carbonyl (C=O) groups excluding carboxylic acids is 1. The quantitative estimate of drug-likeness (QED) is 0.778. The summed E-state index contributed by atoms with van der Waals surface area (Å²) in [5.74, 6) is 0.403. The first-order chi connectivity index (χ1) is 8.85. The first-order valence-electron chi connectivity index (χ1n) is 7.03. The fourth-order valence-corrected chi connectivity index (χ4v) is 4.11. The summed E-state index contributed by atoms with van der Waals surface area (Å²) in [4.78, 5) is 13.7. The van der Waals surface area contributed by atoms with Crippen LogP contribution < -0.4 is 0 Å². The molecule has 0 atom stereocenters. The highest BCUT2D eigenvalue weighted by molar-refractivity contribution is 7.91. The highest BCUT2D eigenvalue weighted by Crippen LogP contribution is 2.39. The molecule has 19 heavy (non-hydrogen) atoms. The smallest absolute Gasteiger partial charge is 0.410 e. The third-order valence-corrected chi connectivity index (χ3v) is 6.00. The van der Waals surface area contributed by atoms with Gasteiger partial charge in [-0.05, 0) is 31.6 Å². The number of hydrogen-bond donors (Lipinski definition) is 0. The molecule has 1 amide bonds. The standard InChI is InChI=1S/C13H23NO4S/c1-11(2)13(5-3-4-6-13)18-12(15)14-7-9-19(16,17)10-8-14/h11H,3-10H2,1-2H3. The predicted molar refractivity (Wildman–Crippen MR) is 72.7 cm³/mol. The van der Waals surface area contributed by atoms with Gasteiger partial charge in [0.05, 0.1) is 11.5 Å². The largest absolute Gasteiger partial charge is 0.443 e. The Morgan fingerprint density at radius 1 is 1.16 bits per heavy atom. The molecule has 1 aliphatic carbocycles. The molecule has 0 aromatic rings. The summed E-state index contributed by atoms with van der Waals surface area (Å²) in [6.45, 7) is 4.68. The molecular formula is C13H23NO4S. The lowest BCUT2D eigenvalue weighted by Gasteiger charge is -2.36. The fraction of sp³-hybridized carbons (Fsp3) is 0.923. The van der Waals surface area contributed by atoms with Gasteiger partial charge in [-0.15, -0.1) is 0 Å². The zero-order valence-electron chi connectivity index (χ0n) is 11.7. The fourth-order valence-electron chi connectivity index (χ4n) is 2.90. The van der Waals surface area contributed by atoms with Crippen LogP contribution in [0.3, 0.4) is 0 Å². The molecule has 2 rings (SSSR count). The van der Waals surface area contributed by atoms with Gasteiger partial charge < -0.3 is 9.64 Å². The molecule has 6 heteroatoms. The van der Waals surface area contributed by atoms with Gasteiger partial charge in [-0.3, -0.25) is 0 Å². The molecule has 5 nitrogen and oxygen atoms in total. The SMILES string of the molecule is CC(C)C1(OC(=O)N2CCS(=O)(=O)CC2)CCCC1. The van der Waals surface area contributed by atoms with Crippen molar-refractivity contribution in [3.8, 4) is 0 Å². The Morgan fingerprint density at radius 3 is 2.16 bits per heavy atom. The topological polar surface area (TPSA) is 63.7 Å². The van der Waals surface area contributed by atoms with E-state index in [0.717, 1.165) is 25.7 Å². The van der Waals surface area contributed by atoms with Gasteiger partial charge in [0, 0.05) is 13.1 Å². The third kappa shape index (κ3) is 3.22. The average molecular weight is 289 g/mol. The van der Waals surface area contributed by atoms with Crippen LogP contribution in [-0.4, -0.2) is 49.6 Å². The molecule has 0 aromatic carbocycles. The number of rotatable bonds is 2. The van der Waals surface area contributed by atoms with Crippen molar-refractivity contribution in [3.05, 3.63) is 0 Å². The van der Waals surface area contributed by atoms with Crippen molar-refractivity contribution in [3.63, 3.8) is 0 Å². The van der Waals surface area contributed by atoms with E-state index in [0.29, 0.717) is 5.92 Å². The number of hydrogen-bond acceptors (Lipinski definition) is 4. The van der Waals surface area contributed by atoms with E-state index in [2.05, 4.69) is 13.8 Å². The number of amides is 1. The highest BCUT2D eigenvalue weighted by Gasteiger charge is 2.42. The van der Waals surface area contributed by atoms with Crippen molar-refractivity contribution in [2.24, 2.45) is 5.92 Å². The van der Waals surface area contributed by atoms with Gasteiger partial charge in [-0.1, -0.05) is 13.8 Å². The Hall–Kier alpha value is -0.780. The molecular weight excluding hydrogens is 266 g/mol. The average Bonchev–Trinajstić information content (AvgIpc) is 2.78. The van der Waals surface area contributed by atoms with Crippen LogP contribution >= 0.6 is 0 Å². The van der Waals surface area contributed by atoms with Gasteiger partial charge in [0.25, 0.3) is 0 Å². The Kier molecular flexibility index (Phi) is 4.08. The molecule has 0 N–H and O–H groups in total. The number of sulfone groups is 1. The Bertz CT molecular complexity index is 424. The number of nitrogens with zero attached hydrogens (tertiary/aromatic N) is 1. The van der Waals surface area contributed by atoms with Crippen LogP contribution in [0.5, 0.6) is 0 Å². The summed E-state index contributed by atoms with van der Waals surface area (Å²) in [6.07, 6.45) is 3.69. The minimum absolute atomic E-state index is 0.0524. The van der Waals surface area contributed by atoms with Crippen molar-refractivity contribution in [1.82, 2.24) is 4.90 Å². The monoisotopic (exact) mass is 289 g/mol. The summed E-state index contributed by atoms with van der Waals surface area (Å²) < 4.78 is 28.5. The van der Waals surface area contributed by atoms with Gasteiger partial charge in [0.15, 0.2) is 9.84 Å². The normalized spacial score (nSPS) is 25.5. The van der Waals surface area contributed by atoms with E-state index in [9.17, 15) is 13.2 Å². The highest BCUT2D eigenvalue weighted by atomic mass is 32.2. The van der Waals surface area contributed by atoms with Crippen LogP contribution in [-0.2, 0) is 14.6 Å². The van der Waals surface area contributed by atoms with Gasteiger partial charge in [0.2, 0.25) is 0 Å². The lowest BCUT2D eigenvalue weighted by molar-refractivity contribution is -0.0350. The van der Waals surface area contributed by atoms with E-state index in [1.807, 2.05) is 0 Å². The second-order valence-electron chi connectivity index (χ2n) is 5.93. The molecule has 110 valence electrons. The summed E-state index contributed by atoms with van der Waals surface area (Å²) in [6, 6.07) is 0. The maximum atomic E-state index is 12.2. The van der Waals surface area contributed by atoms with Crippen LogP contribution in [0.2, 0.25) is 0 Å². The van der Waals surface area contributed by atoms with Crippen molar-refractivity contribution in [1.29, 1.82) is 0 Å². The van der Waals surface area contributed by atoms with Crippen LogP contribution in [0, 0.1) is 5.92 Å².